The topological polar surface area (TPSA) is 31.2 Å². The van der Waals surface area contributed by atoms with Crippen molar-refractivity contribution >= 4 is 10.9 Å². The summed E-state index contributed by atoms with van der Waals surface area (Å²) in [5, 5.41) is 1.03. The van der Waals surface area contributed by atoms with Crippen molar-refractivity contribution in [2.45, 2.75) is 0 Å². The number of aromatic nitrogens is 1. The molecule has 0 fully saturated rings. The average molecular weight is 341 g/mol. The van der Waals surface area contributed by atoms with Crippen LogP contribution < -0.4 is 10.3 Å². The molecule has 0 saturated carbocycles. The molecule has 0 unspecified atom stereocenters. The van der Waals surface area contributed by atoms with Crippen LogP contribution in [-0.2, 0) is 7.05 Å². The first-order valence-corrected chi connectivity index (χ1v) is 8.52. The first-order valence-electron chi connectivity index (χ1n) is 8.52. The molecule has 0 amide bonds. The van der Waals surface area contributed by atoms with Crippen molar-refractivity contribution < 1.29 is 4.74 Å². The summed E-state index contributed by atoms with van der Waals surface area (Å²) in [6, 6.07) is 25.8. The van der Waals surface area contributed by atoms with Gasteiger partial charge < -0.3 is 9.30 Å². The highest BCUT2D eigenvalue weighted by molar-refractivity contribution is 6.02. The normalized spacial score (nSPS) is 10.8. The van der Waals surface area contributed by atoms with Gasteiger partial charge in [0.05, 0.1) is 18.2 Å². The lowest BCUT2D eigenvalue weighted by molar-refractivity contribution is 0.415. The van der Waals surface area contributed by atoms with E-state index in [0.29, 0.717) is 0 Å². The number of hydrogen-bond acceptors (Lipinski definition) is 2. The van der Waals surface area contributed by atoms with E-state index in [1.54, 1.807) is 11.7 Å². The summed E-state index contributed by atoms with van der Waals surface area (Å²) in [6.45, 7) is 0. The molecule has 1 heterocycles. The molecule has 0 aliphatic rings. The lowest BCUT2D eigenvalue weighted by Gasteiger charge is -2.17. The van der Waals surface area contributed by atoms with Crippen molar-refractivity contribution in [3.05, 3.63) is 89.2 Å². The van der Waals surface area contributed by atoms with Gasteiger partial charge in [0.1, 0.15) is 5.75 Å². The van der Waals surface area contributed by atoms with Crippen LogP contribution in [0.3, 0.4) is 0 Å². The minimum Gasteiger partial charge on any atom is -0.497 e. The van der Waals surface area contributed by atoms with Crippen molar-refractivity contribution in [1.29, 1.82) is 0 Å². The maximum atomic E-state index is 13.3. The first kappa shape index (κ1) is 16.2. The SMILES string of the molecule is COc1ccc2c(-c3ccccc3)c(-c3ccccc3)c(=O)n(C)c2c1. The van der Waals surface area contributed by atoms with Crippen molar-refractivity contribution in [3.8, 4) is 28.0 Å². The molecule has 0 saturated heterocycles. The number of benzene rings is 3. The Kier molecular flexibility index (Phi) is 4.05. The van der Waals surface area contributed by atoms with Gasteiger partial charge in [-0.1, -0.05) is 60.7 Å². The van der Waals surface area contributed by atoms with Crippen molar-refractivity contribution in [3.63, 3.8) is 0 Å². The van der Waals surface area contributed by atoms with Crippen LogP contribution in [0.1, 0.15) is 0 Å². The maximum Gasteiger partial charge on any atom is 0.259 e. The molecule has 26 heavy (non-hydrogen) atoms. The van der Waals surface area contributed by atoms with Crippen LogP contribution in [0.2, 0.25) is 0 Å². The second kappa shape index (κ2) is 6.52. The Labute approximate surface area is 152 Å². The fraction of sp³-hybridized carbons (Fsp3) is 0.0870. The molecular weight excluding hydrogens is 322 g/mol. The summed E-state index contributed by atoms with van der Waals surface area (Å²) < 4.78 is 7.06. The Morgan fingerprint density at radius 3 is 1.92 bits per heavy atom. The number of fused-ring (bicyclic) bond motifs is 1. The van der Waals surface area contributed by atoms with Gasteiger partial charge in [0.2, 0.25) is 0 Å². The van der Waals surface area contributed by atoms with Crippen LogP contribution in [0.5, 0.6) is 5.75 Å². The Morgan fingerprint density at radius 1 is 0.769 bits per heavy atom. The van der Waals surface area contributed by atoms with E-state index in [1.807, 2.05) is 85.9 Å². The number of pyridine rings is 1. The molecule has 0 atom stereocenters. The van der Waals surface area contributed by atoms with E-state index in [2.05, 4.69) is 0 Å². The number of aryl methyl sites for hydroxylation is 1. The van der Waals surface area contributed by atoms with Crippen LogP contribution in [0.4, 0.5) is 0 Å². The fourth-order valence-electron chi connectivity index (χ4n) is 3.42. The molecule has 0 aliphatic heterocycles. The van der Waals surface area contributed by atoms with Gasteiger partial charge in [-0.15, -0.1) is 0 Å². The molecule has 1 aromatic heterocycles. The quantitative estimate of drug-likeness (QED) is 0.532. The number of methoxy groups -OCH3 is 1. The molecule has 0 radical (unpaired) electrons. The van der Waals surface area contributed by atoms with Crippen molar-refractivity contribution in [2.24, 2.45) is 7.05 Å². The highest BCUT2D eigenvalue weighted by Crippen LogP contribution is 2.36. The molecule has 128 valence electrons. The van der Waals surface area contributed by atoms with E-state index in [9.17, 15) is 4.79 Å². The Bertz CT molecular complexity index is 1130. The minimum atomic E-state index is -0.0178. The highest BCUT2D eigenvalue weighted by Gasteiger charge is 2.18. The number of ether oxygens (including phenoxy) is 1. The van der Waals surface area contributed by atoms with Crippen molar-refractivity contribution in [1.82, 2.24) is 4.57 Å². The standard InChI is InChI=1S/C23H19NO2/c1-24-20-15-18(26-2)13-14-19(20)21(16-9-5-3-6-10-16)22(23(24)25)17-11-7-4-8-12-17/h3-15H,1-2H3. The average Bonchev–Trinajstić information content (AvgIpc) is 2.71. The zero-order valence-electron chi connectivity index (χ0n) is 14.8. The highest BCUT2D eigenvalue weighted by atomic mass is 16.5. The molecular formula is C23H19NO2. The van der Waals surface area contributed by atoms with Gasteiger partial charge in [-0.05, 0) is 23.3 Å². The summed E-state index contributed by atoms with van der Waals surface area (Å²) in [4.78, 5) is 13.3. The molecule has 0 bridgehead atoms. The van der Waals surface area contributed by atoms with Crippen LogP contribution in [0.15, 0.2) is 83.7 Å². The fourth-order valence-corrected chi connectivity index (χ4v) is 3.42. The third-order valence-corrected chi connectivity index (χ3v) is 4.73. The zero-order valence-corrected chi connectivity index (χ0v) is 14.8. The molecule has 0 N–H and O–H groups in total. The van der Waals surface area contributed by atoms with Gasteiger partial charge in [0.25, 0.3) is 5.56 Å². The molecule has 3 heteroatoms. The van der Waals surface area contributed by atoms with Gasteiger partial charge in [-0.25, -0.2) is 0 Å². The van der Waals surface area contributed by atoms with E-state index in [1.165, 1.54) is 0 Å². The first-order chi connectivity index (χ1) is 12.7. The van der Waals surface area contributed by atoms with Gasteiger partial charge in [-0.3, -0.25) is 4.79 Å². The Balaban J connectivity index is 2.20. The second-order valence-corrected chi connectivity index (χ2v) is 6.23. The van der Waals surface area contributed by atoms with E-state index in [0.717, 1.165) is 38.9 Å². The Hall–Kier alpha value is -3.33. The van der Waals surface area contributed by atoms with Gasteiger partial charge >= 0.3 is 0 Å². The third-order valence-electron chi connectivity index (χ3n) is 4.73. The second-order valence-electron chi connectivity index (χ2n) is 6.23. The molecule has 4 aromatic rings. The molecule has 3 nitrogen and oxygen atoms in total. The lowest BCUT2D eigenvalue weighted by Crippen LogP contribution is -2.20. The largest absolute Gasteiger partial charge is 0.497 e. The molecule has 4 rings (SSSR count). The minimum absolute atomic E-state index is 0.0178. The predicted octanol–water partition coefficient (Wildman–Crippen LogP) is 4.88. The van der Waals surface area contributed by atoms with E-state index >= 15 is 0 Å². The molecule has 0 spiro atoms. The van der Waals surface area contributed by atoms with E-state index in [4.69, 9.17) is 4.74 Å². The van der Waals surface area contributed by atoms with E-state index in [-0.39, 0.29) is 5.56 Å². The monoisotopic (exact) mass is 341 g/mol. The molecule has 0 aliphatic carbocycles. The summed E-state index contributed by atoms with van der Waals surface area (Å²) in [5.41, 5.74) is 4.46. The van der Waals surface area contributed by atoms with Gasteiger partial charge in [0.15, 0.2) is 0 Å². The Morgan fingerprint density at radius 2 is 1.35 bits per heavy atom. The lowest BCUT2D eigenvalue weighted by atomic mass is 9.92. The summed E-state index contributed by atoms with van der Waals surface area (Å²) >= 11 is 0. The number of nitrogens with zero attached hydrogens (tertiary/aromatic N) is 1. The van der Waals surface area contributed by atoms with Gasteiger partial charge in [0, 0.05) is 24.1 Å². The number of rotatable bonds is 3. The summed E-state index contributed by atoms with van der Waals surface area (Å²) in [5.74, 6) is 0.735. The predicted molar refractivity (Wildman–Crippen MR) is 107 cm³/mol. The van der Waals surface area contributed by atoms with Gasteiger partial charge in [-0.2, -0.15) is 0 Å². The van der Waals surface area contributed by atoms with Crippen LogP contribution in [-0.4, -0.2) is 11.7 Å². The summed E-state index contributed by atoms with van der Waals surface area (Å²) in [7, 11) is 3.45. The van der Waals surface area contributed by atoms with Crippen LogP contribution in [0, 0.1) is 0 Å². The van der Waals surface area contributed by atoms with Crippen molar-refractivity contribution in [2.75, 3.05) is 7.11 Å². The molecule has 3 aromatic carbocycles. The maximum absolute atomic E-state index is 13.3. The number of hydrogen-bond donors (Lipinski definition) is 0. The zero-order chi connectivity index (χ0) is 18.1. The van der Waals surface area contributed by atoms with Crippen LogP contribution in [0.25, 0.3) is 33.2 Å². The van der Waals surface area contributed by atoms with E-state index < -0.39 is 0 Å². The summed E-state index contributed by atoms with van der Waals surface area (Å²) in [6.07, 6.45) is 0. The smallest absolute Gasteiger partial charge is 0.259 e. The third kappa shape index (κ3) is 2.58. The van der Waals surface area contributed by atoms with Crippen LogP contribution >= 0.6 is 0 Å².